The second kappa shape index (κ2) is 7.36. The fourth-order valence-electron chi connectivity index (χ4n) is 1.61. The molecular formula is C15H15Cl2NO2. The van der Waals surface area contributed by atoms with Crippen molar-refractivity contribution in [2.75, 3.05) is 6.61 Å². The van der Waals surface area contributed by atoms with Crippen molar-refractivity contribution in [2.24, 2.45) is 0 Å². The van der Waals surface area contributed by atoms with Crippen molar-refractivity contribution in [1.29, 1.82) is 0 Å². The van der Waals surface area contributed by atoms with Crippen LogP contribution < -0.4 is 9.47 Å². The van der Waals surface area contributed by atoms with E-state index in [4.69, 9.17) is 32.7 Å². The largest absolute Gasteiger partial charge is 0.488 e. The molecule has 106 valence electrons. The fraction of sp³-hybridized carbons (Fsp3) is 0.267. The summed E-state index contributed by atoms with van der Waals surface area (Å²) < 4.78 is 11.5. The summed E-state index contributed by atoms with van der Waals surface area (Å²) in [6, 6.07) is 8.85. The molecule has 0 aliphatic carbocycles. The third-order valence-corrected chi connectivity index (χ3v) is 3.24. The number of aromatic nitrogens is 1. The lowest BCUT2D eigenvalue weighted by Crippen LogP contribution is -2.24. The van der Waals surface area contributed by atoms with Gasteiger partial charge >= 0.3 is 0 Å². The van der Waals surface area contributed by atoms with E-state index in [-0.39, 0.29) is 6.10 Å². The van der Waals surface area contributed by atoms with Gasteiger partial charge in [0.1, 0.15) is 24.2 Å². The van der Waals surface area contributed by atoms with Crippen LogP contribution in [0.15, 0.2) is 42.7 Å². The van der Waals surface area contributed by atoms with Crippen LogP contribution in [-0.4, -0.2) is 17.7 Å². The van der Waals surface area contributed by atoms with Crippen LogP contribution in [0.3, 0.4) is 0 Å². The number of hydrogen-bond acceptors (Lipinski definition) is 3. The first-order valence-electron chi connectivity index (χ1n) is 6.33. The van der Waals surface area contributed by atoms with Gasteiger partial charge in [-0.3, -0.25) is 4.98 Å². The molecule has 0 aliphatic rings. The first-order valence-corrected chi connectivity index (χ1v) is 7.09. The zero-order valence-electron chi connectivity index (χ0n) is 11.1. The van der Waals surface area contributed by atoms with E-state index < -0.39 is 0 Å². The van der Waals surface area contributed by atoms with Crippen molar-refractivity contribution in [2.45, 2.75) is 19.4 Å². The smallest absolute Gasteiger partial charge is 0.138 e. The molecule has 0 bridgehead atoms. The van der Waals surface area contributed by atoms with Gasteiger partial charge in [-0.25, -0.2) is 0 Å². The van der Waals surface area contributed by atoms with Gasteiger partial charge in [-0.15, -0.1) is 0 Å². The van der Waals surface area contributed by atoms with Crippen molar-refractivity contribution in [3.8, 4) is 11.5 Å². The summed E-state index contributed by atoms with van der Waals surface area (Å²) >= 11 is 11.9. The van der Waals surface area contributed by atoms with E-state index >= 15 is 0 Å². The molecule has 0 spiro atoms. The standard InChI is InChI=1S/C15H15Cl2NO2/c1-2-12(10-19-13-4-3-7-18-9-13)20-15-6-5-11(16)8-14(15)17/h3-9,12H,2,10H2,1H3. The molecule has 1 aromatic carbocycles. The average molecular weight is 312 g/mol. The molecule has 1 atom stereocenters. The number of hydrogen-bond donors (Lipinski definition) is 0. The van der Waals surface area contributed by atoms with Crippen LogP contribution >= 0.6 is 23.2 Å². The van der Waals surface area contributed by atoms with Gasteiger partial charge in [0.25, 0.3) is 0 Å². The Morgan fingerprint density at radius 1 is 1.25 bits per heavy atom. The summed E-state index contributed by atoms with van der Waals surface area (Å²) in [6.07, 6.45) is 4.09. The van der Waals surface area contributed by atoms with Crippen LogP contribution in [0.4, 0.5) is 0 Å². The minimum atomic E-state index is -0.0890. The molecule has 0 saturated heterocycles. The van der Waals surface area contributed by atoms with Gasteiger partial charge < -0.3 is 9.47 Å². The monoisotopic (exact) mass is 311 g/mol. The maximum absolute atomic E-state index is 6.09. The predicted octanol–water partition coefficient (Wildman–Crippen LogP) is 4.62. The lowest BCUT2D eigenvalue weighted by atomic mass is 10.3. The van der Waals surface area contributed by atoms with Crippen molar-refractivity contribution < 1.29 is 9.47 Å². The van der Waals surface area contributed by atoms with E-state index in [0.29, 0.717) is 22.4 Å². The summed E-state index contributed by atoms with van der Waals surface area (Å²) in [5.41, 5.74) is 0. The SMILES string of the molecule is CCC(COc1cccnc1)Oc1ccc(Cl)cc1Cl. The molecule has 20 heavy (non-hydrogen) atoms. The molecule has 1 heterocycles. The number of pyridine rings is 1. The predicted molar refractivity (Wildman–Crippen MR) is 80.9 cm³/mol. The molecule has 2 rings (SSSR count). The van der Waals surface area contributed by atoms with Crippen LogP contribution in [-0.2, 0) is 0 Å². The molecule has 5 heteroatoms. The molecule has 0 radical (unpaired) electrons. The Labute approximate surface area is 128 Å². The van der Waals surface area contributed by atoms with Gasteiger partial charge in [-0.2, -0.15) is 0 Å². The zero-order valence-corrected chi connectivity index (χ0v) is 12.6. The van der Waals surface area contributed by atoms with Gasteiger partial charge in [0.15, 0.2) is 0 Å². The number of ether oxygens (including phenoxy) is 2. The van der Waals surface area contributed by atoms with Gasteiger partial charge in [-0.05, 0) is 36.8 Å². The van der Waals surface area contributed by atoms with Crippen LogP contribution in [0, 0.1) is 0 Å². The molecule has 0 fully saturated rings. The normalized spacial score (nSPS) is 11.9. The van der Waals surface area contributed by atoms with Gasteiger partial charge in [-0.1, -0.05) is 30.1 Å². The van der Waals surface area contributed by atoms with E-state index in [1.165, 1.54) is 0 Å². The maximum atomic E-state index is 6.09. The molecule has 1 unspecified atom stereocenters. The summed E-state index contributed by atoms with van der Waals surface area (Å²) in [4.78, 5) is 3.99. The van der Waals surface area contributed by atoms with E-state index in [0.717, 1.165) is 12.2 Å². The Kier molecular flexibility index (Phi) is 5.50. The number of benzene rings is 1. The number of halogens is 2. The highest BCUT2D eigenvalue weighted by Gasteiger charge is 2.12. The highest BCUT2D eigenvalue weighted by molar-refractivity contribution is 6.35. The average Bonchev–Trinajstić information content (AvgIpc) is 2.46. The van der Waals surface area contributed by atoms with Crippen LogP contribution in [0.2, 0.25) is 10.0 Å². The van der Waals surface area contributed by atoms with Crippen LogP contribution in [0.1, 0.15) is 13.3 Å². The Hall–Kier alpha value is -1.45. The second-order valence-electron chi connectivity index (χ2n) is 4.22. The lowest BCUT2D eigenvalue weighted by Gasteiger charge is -2.19. The van der Waals surface area contributed by atoms with Crippen LogP contribution in [0.5, 0.6) is 11.5 Å². The minimum absolute atomic E-state index is 0.0890. The lowest BCUT2D eigenvalue weighted by molar-refractivity contribution is 0.125. The van der Waals surface area contributed by atoms with Crippen molar-refractivity contribution in [3.05, 3.63) is 52.8 Å². The maximum Gasteiger partial charge on any atom is 0.138 e. The van der Waals surface area contributed by atoms with E-state index in [1.807, 2.05) is 19.1 Å². The van der Waals surface area contributed by atoms with Crippen molar-refractivity contribution >= 4 is 23.2 Å². The first-order chi connectivity index (χ1) is 9.69. The molecule has 3 nitrogen and oxygen atoms in total. The molecule has 0 saturated carbocycles. The minimum Gasteiger partial charge on any atom is -0.488 e. The number of rotatable bonds is 6. The molecule has 1 aromatic heterocycles. The van der Waals surface area contributed by atoms with E-state index in [9.17, 15) is 0 Å². The summed E-state index contributed by atoms with van der Waals surface area (Å²) in [6.45, 7) is 2.46. The molecular weight excluding hydrogens is 297 g/mol. The van der Waals surface area contributed by atoms with Gasteiger partial charge in [0.2, 0.25) is 0 Å². The molecule has 0 N–H and O–H groups in total. The van der Waals surface area contributed by atoms with Gasteiger partial charge in [0, 0.05) is 11.2 Å². The fourth-order valence-corrected chi connectivity index (χ4v) is 2.06. The zero-order chi connectivity index (χ0) is 14.4. The first kappa shape index (κ1) is 14.9. The molecule has 0 aliphatic heterocycles. The molecule has 0 amide bonds. The van der Waals surface area contributed by atoms with E-state index in [1.54, 1.807) is 30.6 Å². The summed E-state index contributed by atoms with van der Waals surface area (Å²) in [5.74, 6) is 1.33. The summed E-state index contributed by atoms with van der Waals surface area (Å²) in [7, 11) is 0. The van der Waals surface area contributed by atoms with E-state index in [2.05, 4.69) is 4.98 Å². The highest BCUT2D eigenvalue weighted by Crippen LogP contribution is 2.28. The van der Waals surface area contributed by atoms with Crippen LogP contribution in [0.25, 0.3) is 0 Å². The van der Waals surface area contributed by atoms with Gasteiger partial charge in [0.05, 0.1) is 11.2 Å². The second-order valence-corrected chi connectivity index (χ2v) is 5.07. The summed E-state index contributed by atoms with van der Waals surface area (Å²) in [5, 5.41) is 1.08. The Morgan fingerprint density at radius 2 is 2.10 bits per heavy atom. The van der Waals surface area contributed by atoms with Crippen molar-refractivity contribution in [3.63, 3.8) is 0 Å². The third-order valence-electron chi connectivity index (χ3n) is 2.71. The number of nitrogens with zero attached hydrogens (tertiary/aromatic N) is 1. The van der Waals surface area contributed by atoms with Crippen molar-refractivity contribution in [1.82, 2.24) is 4.98 Å². The Morgan fingerprint density at radius 3 is 2.75 bits per heavy atom. The third kappa shape index (κ3) is 4.29. The highest BCUT2D eigenvalue weighted by atomic mass is 35.5. The molecule has 2 aromatic rings. The quantitative estimate of drug-likeness (QED) is 0.779. The topological polar surface area (TPSA) is 31.4 Å². The Balaban J connectivity index is 1.95. The Bertz CT molecular complexity index is 549.